The number of alkyl halides is 1. The van der Waals surface area contributed by atoms with E-state index in [1.54, 1.807) is 7.11 Å². The lowest BCUT2D eigenvalue weighted by molar-refractivity contribution is 0.397. The molecule has 0 saturated carbocycles. The van der Waals surface area contributed by atoms with Gasteiger partial charge in [0.25, 0.3) is 0 Å². The van der Waals surface area contributed by atoms with Crippen molar-refractivity contribution < 1.29 is 4.74 Å². The summed E-state index contributed by atoms with van der Waals surface area (Å²) in [5.41, 5.74) is 1.24. The van der Waals surface area contributed by atoms with Crippen LogP contribution in [0.3, 0.4) is 0 Å². The van der Waals surface area contributed by atoms with Gasteiger partial charge >= 0.3 is 0 Å². The van der Waals surface area contributed by atoms with E-state index in [2.05, 4.69) is 44.9 Å². The van der Waals surface area contributed by atoms with Gasteiger partial charge in [-0.2, -0.15) is 0 Å². The van der Waals surface area contributed by atoms with E-state index in [4.69, 9.17) is 4.74 Å². The number of aromatic nitrogens is 1. The molecule has 1 aromatic rings. The van der Waals surface area contributed by atoms with Crippen LogP contribution in [0.5, 0.6) is 5.88 Å². The number of nitrogens with zero attached hydrogens (tertiary/aromatic N) is 2. The monoisotopic (exact) mass is 326 g/mol. The third-order valence-electron chi connectivity index (χ3n) is 3.73. The summed E-state index contributed by atoms with van der Waals surface area (Å²) < 4.78 is 5.25. The Bertz CT molecular complexity index is 397. The second kappa shape index (κ2) is 7.13. The second-order valence-corrected chi connectivity index (χ2v) is 6.83. The average Bonchev–Trinajstić information content (AvgIpc) is 2.63. The highest BCUT2D eigenvalue weighted by molar-refractivity contribution is 9.09. The topological polar surface area (TPSA) is 25.4 Å². The van der Waals surface area contributed by atoms with Crippen molar-refractivity contribution in [2.75, 3.05) is 18.6 Å². The molecule has 2 atom stereocenters. The fourth-order valence-electron chi connectivity index (χ4n) is 2.83. The predicted octanol–water partition coefficient (Wildman–Crippen LogP) is 4.01. The summed E-state index contributed by atoms with van der Waals surface area (Å²) in [6.45, 7) is 3.37. The van der Waals surface area contributed by atoms with Crippen LogP contribution in [0.1, 0.15) is 39.0 Å². The van der Waals surface area contributed by atoms with Crippen LogP contribution in [-0.4, -0.2) is 29.5 Å². The molecule has 2 rings (SSSR count). The minimum absolute atomic E-state index is 0.557. The van der Waals surface area contributed by atoms with E-state index in [0.29, 0.717) is 16.7 Å². The summed E-state index contributed by atoms with van der Waals surface area (Å²) in [7, 11) is 1.67. The lowest BCUT2D eigenvalue weighted by atomic mass is 10.0. The summed E-state index contributed by atoms with van der Waals surface area (Å²) >= 11 is 3.70. The number of ether oxygens (including phenoxy) is 1. The molecule has 3 nitrogen and oxygen atoms in total. The molecule has 0 bridgehead atoms. The summed E-state index contributed by atoms with van der Waals surface area (Å²) in [5, 5.41) is 0. The van der Waals surface area contributed by atoms with Crippen molar-refractivity contribution in [3.8, 4) is 5.88 Å². The van der Waals surface area contributed by atoms with Gasteiger partial charge in [-0.1, -0.05) is 35.7 Å². The number of halogens is 1. The molecular weight excluding hydrogens is 304 g/mol. The summed E-state index contributed by atoms with van der Waals surface area (Å²) in [6, 6.07) is 4.76. The van der Waals surface area contributed by atoms with Crippen molar-refractivity contribution in [3.05, 3.63) is 18.3 Å². The van der Waals surface area contributed by atoms with Crippen molar-refractivity contribution in [1.82, 2.24) is 4.98 Å². The van der Waals surface area contributed by atoms with E-state index in [0.717, 1.165) is 6.54 Å². The molecule has 1 aliphatic heterocycles. The first-order valence-electron chi connectivity index (χ1n) is 7.11. The molecule has 0 radical (unpaired) electrons. The molecule has 1 aliphatic rings. The second-order valence-electron chi connectivity index (χ2n) is 5.27. The van der Waals surface area contributed by atoms with Gasteiger partial charge in [-0.15, -0.1) is 0 Å². The van der Waals surface area contributed by atoms with Gasteiger partial charge in [0, 0.05) is 35.4 Å². The maximum Gasteiger partial charge on any atom is 0.214 e. The number of pyridine rings is 1. The molecule has 2 unspecified atom stereocenters. The van der Waals surface area contributed by atoms with Crippen molar-refractivity contribution in [2.24, 2.45) is 0 Å². The van der Waals surface area contributed by atoms with E-state index >= 15 is 0 Å². The fraction of sp³-hybridized carbons (Fsp3) is 0.667. The standard InChI is InChI=1S/C15H23BrN2O/c1-12(16)10-13-6-4-3-5-9-18(13)14-7-8-17-15(11-14)19-2/h7-8,11-13H,3-6,9-10H2,1-2H3. The molecule has 4 heteroatoms. The number of hydrogen-bond acceptors (Lipinski definition) is 3. The molecule has 0 aliphatic carbocycles. The maximum atomic E-state index is 5.25. The largest absolute Gasteiger partial charge is 0.481 e. The quantitative estimate of drug-likeness (QED) is 0.781. The number of anilines is 1. The first-order valence-corrected chi connectivity index (χ1v) is 8.03. The van der Waals surface area contributed by atoms with Crippen molar-refractivity contribution in [1.29, 1.82) is 0 Å². The Balaban J connectivity index is 2.20. The molecule has 0 N–H and O–H groups in total. The molecule has 1 fully saturated rings. The van der Waals surface area contributed by atoms with Crippen LogP contribution in [0.25, 0.3) is 0 Å². The van der Waals surface area contributed by atoms with Gasteiger partial charge in [-0.25, -0.2) is 4.98 Å². The normalized spacial score (nSPS) is 21.8. The molecule has 1 saturated heterocycles. The Labute approximate surface area is 124 Å². The molecular formula is C15H23BrN2O. The van der Waals surface area contributed by atoms with Crippen molar-refractivity contribution in [2.45, 2.75) is 49.9 Å². The highest BCUT2D eigenvalue weighted by atomic mass is 79.9. The third-order valence-corrected chi connectivity index (χ3v) is 4.11. The lowest BCUT2D eigenvalue weighted by Gasteiger charge is -2.33. The Hall–Kier alpha value is -0.770. The van der Waals surface area contributed by atoms with Gasteiger partial charge in [0.2, 0.25) is 5.88 Å². The van der Waals surface area contributed by atoms with Crippen LogP contribution in [0.15, 0.2) is 18.3 Å². The van der Waals surface area contributed by atoms with Gasteiger partial charge in [0.15, 0.2) is 0 Å². The summed E-state index contributed by atoms with van der Waals surface area (Å²) in [5.74, 6) is 0.701. The van der Waals surface area contributed by atoms with Crippen molar-refractivity contribution in [3.63, 3.8) is 0 Å². The Morgan fingerprint density at radius 2 is 2.32 bits per heavy atom. The minimum atomic E-state index is 0.557. The van der Waals surface area contributed by atoms with Crippen molar-refractivity contribution >= 4 is 21.6 Å². The van der Waals surface area contributed by atoms with E-state index in [1.807, 2.05) is 6.20 Å². The maximum absolute atomic E-state index is 5.25. The van der Waals surface area contributed by atoms with E-state index < -0.39 is 0 Å². The smallest absolute Gasteiger partial charge is 0.214 e. The molecule has 1 aromatic heterocycles. The summed E-state index contributed by atoms with van der Waals surface area (Å²) in [4.78, 5) is 7.30. The Kier molecular flexibility index (Phi) is 5.49. The predicted molar refractivity (Wildman–Crippen MR) is 83.4 cm³/mol. The van der Waals surface area contributed by atoms with Crippen LogP contribution in [0.4, 0.5) is 5.69 Å². The minimum Gasteiger partial charge on any atom is -0.481 e. The van der Waals surface area contributed by atoms with Gasteiger partial charge in [-0.05, 0) is 25.3 Å². The zero-order chi connectivity index (χ0) is 13.7. The average molecular weight is 327 g/mol. The van der Waals surface area contributed by atoms with Crippen LogP contribution < -0.4 is 9.64 Å². The highest BCUT2D eigenvalue weighted by Crippen LogP contribution is 2.29. The first-order chi connectivity index (χ1) is 9.20. The van der Waals surface area contributed by atoms with Crippen LogP contribution in [0, 0.1) is 0 Å². The summed E-state index contributed by atoms with van der Waals surface area (Å²) in [6.07, 6.45) is 8.26. The van der Waals surface area contributed by atoms with Gasteiger partial charge < -0.3 is 9.64 Å². The molecule has 0 spiro atoms. The number of methoxy groups -OCH3 is 1. The van der Waals surface area contributed by atoms with Gasteiger partial charge in [-0.3, -0.25) is 0 Å². The van der Waals surface area contributed by atoms with E-state index in [9.17, 15) is 0 Å². The molecule has 0 amide bonds. The van der Waals surface area contributed by atoms with E-state index in [1.165, 1.54) is 37.8 Å². The Morgan fingerprint density at radius 1 is 1.47 bits per heavy atom. The Morgan fingerprint density at radius 3 is 3.05 bits per heavy atom. The SMILES string of the molecule is COc1cc(N2CCCCCC2CC(C)Br)ccn1. The molecule has 2 heterocycles. The molecule has 0 aromatic carbocycles. The zero-order valence-electron chi connectivity index (χ0n) is 11.8. The fourth-order valence-corrected chi connectivity index (χ4v) is 3.26. The molecule has 19 heavy (non-hydrogen) atoms. The lowest BCUT2D eigenvalue weighted by Crippen LogP contribution is -2.36. The number of rotatable bonds is 4. The van der Waals surface area contributed by atoms with Crippen LogP contribution >= 0.6 is 15.9 Å². The van der Waals surface area contributed by atoms with Crippen LogP contribution in [0.2, 0.25) is 0 Å². The molecule has 106 valence electrons. The highest BCUT2D eigenvalue weighted by Gasteiger charge is 2.22. The van der Waals surface area contributed by atoms with Gasteiger partial charge in [0.1, 0.15) is 0 Å². The van der Waals surface area contributed by atoms with E-state index in [-0.39, 0.29) is 0 Å². The third kappa shape index (κ3) is 4.10. The first kappa shape index (κ1) is 14.6. The van der Waals surface area contributed by atoms with Gasteiger partial charge in [0.05, 0.1) is 7.11 Å². The number of hydrogen-bond donors (Lipinski definition) is 0. The zero-order valence-corrected chi connectivity index (χ0v) is 13.4. The van der Waals surface area contributed by atoms with Crippen LogP contribution in [-0.2, 0) is 0 Å².